The van der Waals surface area contributed by atoms with E-state index in [0.29, 0.717) is 5.56 Å². The van der Waals surface area contributed by atoms with E-state index in [4.69, 9.17) is 0 Å². The number of anilines is 1. The lowest BCUT2D eigenvalue weighted by atomic mass is 10.0. The van der Waals surface area contributed by atoms with Crippen molar-refractivity contribution in [3.8, 4) is 0 Å². The average molecular weight is 270 g/mol. The number of carbonyl (C=O) groups excluding carboxylic acids is 1. The molecule has 0 fully saturated rings. The maximum atomic E-state index is 12.8. The summed E-state index contributed by atoms with van der Waals surface area (Å²) in [4.78, 5) is 12.0. The molecule has 0 spiro atoms. The van der Waals surface area contributed by atoms with E-state index >= 15 is 0 Å². The second kappa shape index (κ2) is 5.43. The highest BCUT2D eigenvalue weighted by molar-refractivity contribution is 6.04. The van der Waals surface area contributed by atoms with Crippen molar-refractivity contribution in [2.75, 3.05) is 11.9 Å². The third-order valence-corrected chi connectivity index (χ3v) is 3.46. The van der Waals surface area contributed by atoms with Gasteiger partial charge in [0.05, 0.1) is 0 Å². The molecule has 0 bridgehead atoms. The van der Waals surface area contributed by atoms with Crippen LogP contribution in [0.4, 0.5) is 10.1 Å². The van der Waals surface area contributed by atoms with Crippen molar-refractivity contribution in [1.82, 2.24) is 5.32 Å². The van der Waals surface area contributed by atoms with E-state index in [0.717, 1.165) is 25.2 Å². The van der Waals surface area contributed by atoms with Gasteiger partial charge in [-0.05, 0) is 60.5 Å². The van der Waals surface area contributed by atoms with Crippen LogP contribution in [0.25, 0.3) is 0 Å². The third-order valence-electron chi connectivity index (χ3n) is 3.46. The minimum Gasteiger partial charge on any atom is -0.322 e. The first-order valence-corrected chi connectivity index (χ1v) is 6.62. The maximum absolute atomic E-state index is 12.8. The highest BCUT2D eigenvalue weighted by Gasteiger charge is 2.11. The van der Waals surface area contributed by atoms with Crippen molar-refractivity contribution in [2.45, 2.75) is 13.0 Å². The highest BCUT2D eigenvalue weighted by Crippen LogP contribution is 2.19. The lowest BCUT2D eigenvalue weighted by Crippen LogP contribution is -2.23. The van der Waals surface area contributed by atoms with Crippen LogP contribution in [0.15, 0.2) is 42.5 Å². The molecule has 0 radical (unpaired) electrons. The maximum Gasteiger partial charge on any atom is 0.255 e. The topological polar surface area (TPSA) is 41.1 Å². The quantitative estimate of drug-likeness (QED) is 0.881. The molecule has 3 rings (SSSR count). The normalized spacial score (nSPS) is 13.7. The Bertz CT molecular complexity index is 637. The zero-order chi connectivity index (χ0) is 13.9. The fourth-order valence-electron chi connectivity index (χ4n) is 2.36. The summed E-state index contributed by atoms with van der Waals surface area (Å²) >= 11 is 0. The summed E-state index contributed by atoms with van der Waals surface area (Å²) in [5, 5.41) is 6.16. The predicted octanol–water partition coefficient (Wildman–Crippen LogP) is 2.72. The number of fused-ring (bicyclic) bond motifs is 1. The van der Waals surface area contributed by atoms with Gasteiger partial charge in [0.25, 0.3) is 5.91 Å². The molecule has 2 aromatic carbocycles. The third kappa shape index (κ3) is 2.70. The van der Waals surface area contributed by atoms with E-state index in [-0.39, 0.29) is 11.7 Å². The first-order valence-electron chi connectivity index (χ1n) is 6.62. The molecular weight excluding hydrogens is 255 g/mol. The lowest BCUT2D eigenvalue weighted by Gasteiger charge is -2.18. The van der Waals surface area contributed by atoms with Crippen LogP contribution in [0.1, 0.15) is 21.5 Å². The Morgan fingerprint density at radius 1 is 1.10 bits per heavy atom. The Hall–Kier alpha value is -2.20. The summed E-state index contributed by atoms with van der Waals surface area (Å²) < 4.78 is 12.8. The summed E-state index contributed by atoms with van der Waals surface area (Å²) in [7, 11) is 0. The van der Waals surface area contributed by atoms with Gasteiger partial charge in [0.1, 0.15) is 5.82 Å². The number of halogens is 1. The van der Waals surface area contributed by atoms with Crippen molar-refractivity contribution in [2.24, 2.45) is 0 Å². The molecule has 1 amide bonds. The lowest BCUT2D eigenvalue weighted by molar-refractivity contribution is 0.102. The van der Waals surface area contributed by atoms with Gasteiger partial charge < -0.3 is 10.6 Å². The average Bonchev–Trinajstić information content (AvgIpc) is 2.48. The SMILES string of the molecule is O=C(Nc1ccc2c(c1)CCNC2)c1ccc(F)cc1. The molecule has 1 heterocycles. The Balaban J connectivity index is 1.77. The number of hydrogen-bond donors (Lipinski definition) is 2. The van der Waals surface area contributed by atoms with Gasteiger partial charge in [-0.1, -0.05) is 6.07 Å². The molecule has 20 heavy (non-hydrogen) atoms. The minimum absolute atomic E-state index is 0.223. The second-order valence-electron chi connectivity index (χ2n) is 4.87. The molecule has 0 aliphatic carbocycles. The van der Waals surface area contributed by atoms with Crippen LogP contribution in [0.3, 0.4) is 0 Å². The summed E-state index contributed by atoms with van der Waals surface area (Å²) in [6.45, 7) is 1.84. The zero-order valence-corrected chi connectivity index (χ0v) is 10.9. The number of nitrogens with one attached hydrogen (secondary N) is 2. The summed E-state index contributed by atoms with van der Waals surface area (Å²) in [5.74, 6) is -0.568. The first-order chi connectivity index (χ1) is 9.72. The Labute approximate surface area is 116 Å². The molecule has 1 aliphatic heterocycles. The van der Waals surface area contributed by atoms with Crippen molar-refractivity contribution in [3.63, 3.8) is 0 Å². The minimum atomic E-state index is -0.345. The van der Waals surface area contributed by atoms with Gasteiger partial charge in [-0.25, -0.2) is 4.39 Å². The number of benzene rings is 2. The Morgan fingerprint density at radius 3 is 2.70 bits per heavy atom. The monoisotopic (exact) mass is 270 g/mol. The van der Waals surface area contributed by atoms with Crippen molar-refractivity contribution < 1.29 is 9.18 Å². The Morgan fingerprint density at radius 2 is 1.90 bits per heavy atom. The molecular formula is C16H15FN2O. The van der Waals surface area contributed by atoms with E-state index < -0.39 is 0 Å². The van der Waals surface area contributed by atoms with Crippen LogP contribution < -0.4 is 10.6 Å². The molecule has 102 valence electrons. The van der Waals surface area contributed by atoms with Gasteiger partial charge in [-0.2, -0.15) is 0 Å². The molecule has 0 aromatic heterocycles. The van der Waals surface area contributed by atoms with Crippen LogP contribution >= 0.6 is 0 Å². The van der Waals surface area contributed by atoms with E-state index in [1.54, 1.807) is 0 Å². The van der Waals surface area contributed by atoms with E-state index in [1.165, 1.54) is 35.4 Å². The standard InChI is InChI=1S/C16H15FN2O/c17-14-4-1-11(2-5-14)16(20)19-15-6-3-13-10-18-8-7-12(13)9-15/h1-6,9,18H,7-8,10H2,(H,19,20). The van der Waals surface area contributed by atoms with Crippen molar-refractivity contribution in [3.05, 3.63) is 65.0 Å². The van der Waals surface area contributed by atoms with Crippen LogP contribution in [-0.2, 0) is 13.0 Å². The highest BCUT2D eigenvalue weighted by atomic mass is 19.1. The number of rotatable bonds is 2. The van der Waals surface area contributed by atoms with Crippen LogP contribution in [0.2, 0.25) is 0 Å². The number of amides is 1. The molecule has 3 nitrogen and oxygen atoms in total. The summed E-state index contributed by atoms with van der Waals surface area (Å²) in [6, 6.07) is 11.5. The van der Waals surface area contributed by atoms with Crippen LogP contribution in [0.5, 0.6) is 0 Å². The van der Waals surface area contributed by atoms with E-state index in [1.807, 2.05) is 18.2 Å². The largest absolute Gasteiger partial charge is 0.322 e. The van der Waals surface area contributed by atoms with E-state index in [9.17, 15) is 9.18 Å². The first kappa shape index (κ1) is 12.8. The molecule has 2 aromatic rings. The summed E-state index contributed by atoms with van der Waals surface area (Å²) in [5.41, 5.74) is 3.77. The molecule has 4 heteroatoms. The van der Waals surface area contributed by atoms with Crippen LogP contribution in [0, 0.1) is 5.82 Å². The van der Waals surface area contributed by atoms with Gasteiger partial charge >= 0.3 is 0 Å². The molecule has 0 atom stereocenters. The van der Waals surface area contributed by atoms with Gasteiger partial charge in [-0.15, -0.1) is 0 Å². The predicted molar refractivity (Wildman–Crippen MR) is 76.2 cm³/mol. The summed E-state index contributed by atoms with van der Waals surface area (Å²) in [6.07, 6.45) is 0.968. The molecule has 0 unspecified atom stereocenters. The fraction of sp³-hybridized carbons (Fsp3) is 0.188. The number of carbonyl (C=O) groups is 1. The van der Waals surface area contributed by atoms with Gasteiger partial charge in [-0.3, -0.25) is 4.79 Å². The molecule has 2 N–H and O–H groups in total. The molecule has 1 aliphatic rings. The molecule has 0 saturated carbocycles. The second-order valence-corrected chi connectivity index (χ2v) is 4.87. The van der Waals surface area contributed by atoms with Gasteiger partial charge in [0, 0.05) is 17.8 Å². The van der Waals surface area contributed by atoms with Crippen molar-refractivity contribution in [1.29, 1.82) is 0 Å². The van der Waals surface area contributed by atoms with E-state index in [2.05, 4.69) is 10.6 Å². The van der Waals surface area contributed by atoms with Gasteiger partial charge in [0.15, 0.2) is 0 Å². The Kier molecular flexibility index (Phi) is 3.48. The molecule has 0 saturated heterocycles. The van der Waals surface area contributed by atoms with Crippen LogP contribution in [-0.4, -0.2) is 12.5 Å². The smallest absolute Gasteiger partial charge is 0.255 e. The fourth-order valence-corrected chi connectivity index (χ4v) is 2.36. The van der Waals surface area contributed by atoms with Gasteiger partial charge in [0.2, 0.25) is 0 Å². The zero-order valence-electron chi connectivity index (χ0n) is 10.9. The van der Waals surface area contributed by atoms with Crippen molar-refractivity contribution >= 4 is 11.6 Å². The number of hydrogen-bond acceptors (Lipinski definition) is 2.